The number of halogens is 5. The largest absolute Gasteiger partial charge is 0.386 e. The molecule has 0 spiro atoms. The Morgan fingerprint density at radius 3 is 2.00 bits per heavy atom. The van der Waals surface area contributed by atoms with E-state index in [2.05, 4.69) is 4.99 Å². The van der Waals surface area contributed by atoms with Crippen molar-refractivity contribution in [3.63, 3.8) is 0 Å². The van der Waals surface area contributed by atoms with Crippen molar-refractivity contribution in [2.75, 3.05) is 5.88 Å². The van der Waals surface area contributed by atoms with Gasteiger partial charge in [0.25, 0.3) is 0 Å². The van der Waals surface area contributed by atoms with Crippen LogP contribution in [0.3, 0.4) is 0 Å². The number of nitrogens with zero attached hydrogens (tertiary/aromatic N) is 2. The lowest BCUT2D eigenvalue weighted by atomic mass is 10.1. The molecular formula is C9H4ClF4N3. The van der Waals surface area contributed by atoms with E-state index >= 15 is 0 Å². The Bertz CT molecular complexity index is 507. The van der Waals surface area contributed by atoms with Crippen LogP contribution in [0.5, 0.6) is 0 Å². The molecule has 0 aliphatic carbocycles. The highest BCUT2D eigenvalue weighted by molar-refractivity contribution is 6.28. The van der Waals surface area contributed by atoms with Crippen molar-refractivity contribution < 1.29 is 17.6 Å². The van der Waals surface area contributed by atoms with Gasteiger partial charge in [-0.25, -0.2) is 22.6 Å². The van der Waals surface area contributed by atoms with Crippen LogP contribution >= 0.6 is 11.6 Å². The first-order valence-electron chi connectivity index (χ1n) is 4.09. The fraction of sp³-hybridized carbons (Fsp3) is 0.111. The number of hydrogen-bond acceptors (Lipinski definition) is 2. The first-order chi connectivity index (χ1) is 7.93. The van der Waals surface area contributed by atoms with Crippen molar-refractivity contribution in [2.24, 2.45) is 10.7 Å². The van der Waals surface area contributed by atoms with E-state index in [1.807, 2.05) is 0 Å². The second-order valence-corrected chi connectivity index (χ2v) is 3.10. The molecule has 8 heteroatoms. The molecule has 0 fully saturated rings. The molecule has 90 valence electrons. The van der Waals surface area contributed by atoms with Crippen molar-refractivity contribution in [1.82, 2.24) is 0 Å². The predicted molar refractivity (Wildman–Crippen MR) is 53.0 cm³/mol. The molecular weight excluding hydrogens is 262 g/mol. The number of amidine groups is 1. The zero-order chi connectivity index (χ0) is 13.2. The monoisotopic (exact) mass is 265 g/mol. The van der Waals surface area contributed by atoms with Crippen LogP contribution in [0.4, 0.5) is 23.2 Å². The highest BCUT2D eigenvalue weighted by Gasteiger charge is 2.25. The van der Waals surface area contributed by atoms with Crippen molar-refractivity contribution >= 4 is 23.1 Å². The van der Waals surface area contributed by atoms with E-state index in [9.17, 15) is 17.6 Å². The first kappa shape index (κ1) is 13.3. The molecule has 0 aliphatic rings. The van der Waals surface area contributed by atoms with Crippen LogP contribution in [0.25, 0.3) is 0 Å². The van der Waals surface area contributed by atoms with Gasteiger partial charge >= 0.3 is 0 Å². The Kier molecular flexibility index (Phi) is 3.91. The Labute approximate surface area is 98.1 Å². The van der Waals surface area contributed by atoms with Crippen LogP contribution in [0, 0.1) is 34.6 Å². The van der Waals surface area contributed by atoms with E-state index in [0.717, 1.165) is 6.07 Å². The van der Waals surface area contributed by atoms with Crippen molar-refractivity contribution in [1.29, 1.82) is 5.26 Å². The lowest BCUT2D eigenvalue weighted by Crippen LogP contribution is -2.13. The lowest BCUT2D eigenvalue weighted by Gasteiger charge is -2.05. The molecule has 1 aromatic carbocycles. The standard InChI is InChI=1S/C9H4ClF4N3/c10-1-4(16)17-9-7(13)5(11)3(2-15)6(12)8(9)14/h1H2,(H2,16,17). The Hall–Kier alpha value is -1.81. The third-order valence-electron chi connectivity index (χ3n) is 1.74. The summed E-state index contributed by atoms with van der Waals surface area (Å²) < 4.78 is 52.7. The predicted octanol–water partition coefficient (Wildman–Crippen LogP) is 2.34. The summed E-state index contributed by atoms with van der Waals surface area (Å²) >= 11 is 5.20. The number of hydrogen-bond donors (Lipinski definition) is 1. The highest BCUT2D eigenvalue weighted by atomic mass is 35.5. The third kappa shape index (κ3) is 2.31. The smallest absolute Gasteiger partial charge is 0.189 e. The summed E-state index contributed by atoms with van der Waals surface area (Å²) in [5.74, 6) is -8.04. The van der Waals surface area contributed by atoms with Gasteiger partial charge in [0.05, 0.1) is 5.88 Å². The van der Waals surface area contributed by atoms with Gasteiger partial charge in [0.15, 0.2) is 23.3 Å². The summed E-state index contributed by atoms with van der Waals surface area (Å²) in [6.07, 6.45) is 0. The van der Waals surface area contributed by atoms with Crippen LogP contribution in [-0.2, 0) is 0 Å². The molecule has 1 rings (SSSR count). The van der Waals surface area contributed by atoms with Crippen LogP contribution in [0.2, 0.25) is 0 Å². The minimum Gasteiger partial charge on any atom is -0.386 e. The number of benzene rings is 1. The van der Waals surface area contributed by atoms with Gasteiger partial charge in [-0.1, -0.05) is 0 Å². The second kappa shape index (κ2) is 5.01. The van der Waals surface area contributed by atoms with Gasteiger partial charge in [0.1, 0.15) is 23.2 Å². The van der Waals surface area contributed by atoms with Crippen molar-refractivity contribution in [3.05, 3.63) is 28.8 Å². The number of aliphatic imine (C=N–C) groups is 1. The second-order valence-electron chi connectivity index (χ2n) is 2.83. The van der Waals surface area contributed by atoms with E-state index in [4.69, 9.17) is 22.6 Å². The van der Waals surface area contributed by atoms with E-state index in [-0.39, 0.29) is 5.88 Å². The Morgan fingerprint density at radius 2 is 1.65 bits per heavy atom. The zero-order valence-corrected chi connectivity index (χ0v) is 8.82. The molecule has 0 heterocycles. The van der Waals surface area contributed by atoms with E-state index in [1.165, 1.54) is 0 Å². The van der Waals surface area contributed by atoms with Crippen LogP contribution in [0.15, 0.2) is 4.99 Å². The van der Waals surface area contributed by atoms with Gasteiger partial charge < -0.3 is 5.73 Å². The fourth-order valence-electron chi connectivity index (χ4n) is 0.990. The summed E-state index contributed by atoms with van der Waals surface area (Å²) in [5, 5.41) is 8.32. The molecule has 0 saturated heterocycles. The molecule has 0 atom stereocenters. The average Bonchev–Trinajstić information content (AvgIpc) is 2.32. The first-order valence-corrected chi connectivity index (χ1v) is 4.62. The summed E-state index contributed by atoms with van der Waals surface area (Å²) in [6, 6.07) is 1.00. The summed E-state index contributed by atoms with van der Waals surface area (Å²) in [6.45, 7) is 0. The third-order valence-corrected chi connectivity index (χ3v) is 2.02. The molecule has 0 radical (unpaired) electrons. The topological polar surface area (TPSA) is 62.2 Å². The van der Waals surface area contributed by atoms with Gasteiger partial charge in [-0.15, -0.1) is 11.6 Å². The van der Waals surface area contributed by atoms with Crippen molar-refractivity contribution in [3.8, 4) is 6.07 Å². The van der Waals surface area contributed by atoms with Gasteiger partial charge in [-0.3, -0.25) is 0 Å². The molecule has 0 saturated carbocycles. The highest BCUT2D eigenvalue weighted by Crippen LogP contribution is 2.29. The van der Waals surface area contributed by atoms with Crippen LogP contribution in [-0.4, -0.2) is 11.7 Å². The maximum absolute atomic E-state index is 13.2. The molecule has 0 aliphatic heterocycles. The minimum atomic E-state index is -1.83. The van der Waals surface area contributed by atoms with Crippen molar-refractivity contribution in [2.45, 2.75) is 0 Å². The quantitative estimate of drug-likeness (QED) is 0.293. The lowest BCUT2D eigenvalue weighted by molar-refractivity contribution is 0.453. The molecule has 2 N–H and O–H groups in total. The maximum atomic E-state index is 13.2. The summed E-state index contributed by atoms with van der Waals surface area (Å²) in [4.78, 5) is 3.10. The molecule has 0 unspecified atom stereocenters. The SMILES string of the molecule is N#Cc1c(F)c(F)c(N=C(N)CCl)c(F)c1F. The van der Waals surface area contributed by atoms with Crippen LogP contribution in [0.1, 0.15) is 5.56 Å². The average molecular weight is 266 g/mol. The van der Waals surface area contributed by atoms with Gasteiger partial charge in [0.2, 0.25) is 0 Å². The maximum Gasteiger partial charge on any atom is 0.189 e. The zero-order valence-electron chi connectivity index (χ0n) is 8.07. The van der Waals surface area contributed by atoms with Crippen LogP contribution < -0.4 is 5.73 Å². The number of nitrogens with two attached hydrogens (primary N) is 1. The number of rotatable bonds is 2. The Morgan fingerprint density at radius 1 is 1.18 bits per heavy atom. The van der Waals surface area contributed by atoms with Gasteiger partial charge in [0, 0.05) is 0 Å². The normalized spacial score (nSPS) is 11.4. The van der Waals surface area contributed by atoms with Gasteiger partial charge in [-0.2, -0.15) is 5.26 Å². The van der Waals surface area contributed by atoms with Gasteiger partial charge in [-0.05, 0) is 0 Å². The Balaban J connectivity index is 3.61. The summed E-state index contributed by atoms with van der Waals surface area (Å²) in [5.41, 5.74) is 2.48. The molecule has 0 amide bonds. The summed E-state index contributed by atoms with van der Waals surface area (Å²) in [7, 11) is 0. The number of alkyl halides is 1. The molecule has 0 aromatic heterocycles. The van der Waals surface area contributed by atoms with E-state index < -0.39 is 40.4 Å². The molecule has 0 bridgehead atoms. The van der Waals surface area contributed by atoms with E-state index in [1.54, 1.807) is 0 Å². The number of nitriles is 1. The molecule has 1 aromatic rings. The minimum absolute atomic E-state index is 0.373. The molecule has 3 nitrogen and oxygen atoms in total. The van der Waals surface area contributed by atoms with E-state index in [0.29, 0.717) is 0 Å². The fourth-order valence-corrected chi connectivity index (χ4v) is 1.05. The molecule has 17 heavy (non-hydrogen) atoms.